The van der Waals surface area contributed by atoms with Gasteiger partial charge in [-0.25, -0.2) is 0 Å². The van der Waals surface area contributed by atoms with E-state index in [0.29, 0.717) is 6.61 Å². The molecule has 0 saturated carbocycles. The number of hydrogen-bond donors (Lipinski definition) is 0. The van der Waals surface area contributed by atoms with Gasteiger partial charge in [0.2, 0.25) is 0 Å². The molecule has 3 nitrogen and oxygen atoms in total. The average Bonchev–Trinajstić information content (AvgIpc) is 2.68. The van der Waals surface area contributed by atoms with E-state index in [1.807, 2.05) is 17.0 Å². The molecule has 0 spiro atoms. The summed E-state index contributed by atoms with van der Waals surface area (Å²) in [4.78, 5) is 15.1. The first-order chi connectivity index (χ1) is 12.2. The molecule has 0 N–H and O–H groups in total. The van der Waals surface area contributed by atoms with E-state index < -0.39 is 0 Å². The molecule has 0 unspecified atom stereocenters. The average molecular weight is 335 g/mol. The molecule has 1 fully saturated rings. The number of likely N-dealkylation sites (tertiary alicyclic amines) is 1. The molecule has 1 amide bonds. The van der Waals surface area contributed by atoms with Gasteiger partial charge in [0.25, 0.3) is 5.91 Å². The molecule has 2 aliphatic rings. The number of amides is 1. The fourth-order valence-corrected chi connectivity index (χ4v) is 3.92. The molecule has 25 heavy (non-hydrogen) atoms. The molecule has 0 radical (unpaired) electrons. The maximum atomic E-state index is 13.1. The minimum Gasteiger partial charge on any atom is -0.377 e. The molecular formula is C22H25NO2. The van der Waals surface area contributed by atoms with E-state index in [9.17, 15) is 4.79 Å². The Hall–Kier alpha value is -2.13. The molecule has 2 aromatic rings. The van der Waals surface area contributed by atoms with Gasteiger partial charge in [-0.2, -0.15) is 0 Å². The number of rotatable bonds is 2. The first-order valence-electron chi connectivity index (χ1n) is 9.32. The van der Waals surface area contributed by atoms with Crippen LogP contribution in [0.5, 0.6) is 0 Å². The van der Waals surface area contributed by atoms with Crippen LogP contribution in [0.1, 0.15) is 42.1 Å². The van der Waals surface area contributed by atoms with Crippen LogP contribution in [-0.2, 0) is 4.74 Å². The van der Waals surface area contributed by atoms with Crippen molar-refractivity contribution in [2.75, 3.05) is 26.3 Å². The van der Waals surface area contributed by atoms with Crippen molar-refractivity contribution in [3.8, 4) is 0 Å². The molecule has 0 aliphatic carbocycles. The fourth-order valence-electron chi connectivity index (χ4n) is 3.92. The number of benzene rings is 2. The van der Waals surface area contributed by atoms with E-state index in [4.69, 9.17) is 4.74 Å². The Kier molecular flexibility index (Phi) is 4.58. The van der Waals surface area contributed by atoms with Crippen molar-refractivity contribution in [3.05, 3.63) is 53.6 Å². The number of fused-ring (bicyclic) bond motifs is 1. The monoisotopic (exact) mass is 335 g/mol. The van der Waals surface area contributed by atoms with Gasteiger partial charge in [0.05, 0.1) is 13.2 Å². The van der Waals surface area contributed by atoms with Gasteiger partial charge in [0.15, 0.2) is 0 Å². The normalized spacial score (nSPS) is 19.1. The summed E-state index contributed by atoms with van der Waals surface area (Å²) < 4.78 is 5.45. The highest BCUT2D eigenvalue weighted by Gasteiger charge is 2.23. The van der Waals surface area contributed by atoms with Crippen LogP contribution >= 0.6 is 0 Å². The smallest absolute Gasteiger partial charge is 0.254 e. The number of carbonyl (C=O) groups is 1. The number of hydrogen-bond acceptors (Lipinski definition) is 2. The molecule has 0 bridgehead atoms. The molecule has 3 heteroatoms. The van der Waals surface area contributed by atoms with Crippen LogP contribution in [0.3, 0.4) is 0 Å². The topological polar surface area (TPSA) is 29.5 Å². The van der Waals surface area contributed by atoms with Gasteiger partial charge in [-0.05, 0) is 53.2 Å². The van der Waals surface area contributed by atoms with E-state index in [0.717, 1.165) is 55.8 Å². The molecule has 130 valence electrons. The summed E-state index contributed by atoms with van der Waals surface area (Å²) in [6.45, 7) is 5.47. The molecular weight excluding hydrogens is 310 g/mol. The largest absolute Gasteiger partial charge is 0.377 e. The minimum absolute atomic E-state index is 0.176. The van der Waals surface area contributed by atoms with Crippen molar-refractivity contribution in [1.82, 2.24) is 4.90 Å². The second-order valence-corrected chi connectivity index (χ2v) is 7.24. The molecule has 0 aromatic heterocycles. The van der Waals surface area contributed by atoms with Crippen molar-refractivity contribution >= 4 is 22.3 Å². The highest BCUT2D eigenvalue weighted by Crippen LogP contribution is 2.31. The van der Waals surface area contributed by atoms with Crippen molar-refractivity contribution in [2.24, 2.45) is 5.92 Å². The summed E-state index contributed by atoms with van der Waals surface area (Å²) in [6, 6.07) is 12.4. The molecule has 1 saturated heterocycles. The summed E-state index contributed by atoms with van der Waals surface area (Å²) in [5.41, 5.74) is 3.40. The lowest BCUT2D eigenvalue weighted by Gasteiger charge is -2.30. The van der Waals surface area contributed by atoms with Crippen LogP contribution in [-0.4, -0.2) is 37.1 Å². The third-order valence-corrected chi connectivity index (χ3v) is 5.53. The van der Waals surface area contributed by atoms with Gasteiger partial charge >= 0.3 is 0 Å². The summed E-state index contributed by atoms with van der Waals surface area (Å²) in [5, 5.41) is 2.24. The zero-order chi connectivity index (χ0) is 17.2. The molecule has 0 atom stereocenters. The Morgan fingerprint density at radius 1 is 1.08 bits per heavy atom. The van der Waals surface area contributed by atoms with E-state index in [1.165, 1.54) is 16.5 Å². The van der Waals surface area contributed by atoms with Gasteiger partial charge in [0, 0.05) is 18.7 Å². The van der Waals surface area contributed by atoms with Crippen molar-refractivity contribution in [2.45, 2.75) is 26.2 Å². The number of carbonyl (C=O) groups excluding carboxylic acids is 1. The van der Waals surface area contributed by atoms with E-state index >= 15 is 0 Å². The molecule has 2 heterocycles. The third-order valence-electron chi connectivity index (χ3n) is 5.53. The van der Waals surface area contributed by atoms with Crippen LogP contribution < -0.4 is 0 Å². The minimum atomic E-state index is 0.176. The number of nitrogens with zero attached hydrogens (tertiary/aromatic N) is 1. The van der Waals surface area contributed by atoms with Crippen LogP contribution in [0.25, 0.3) is 16.3 Å². The van der Waals surface area contributed by atoms with Gasteiger partial charge < -0.3 is 9.64 Å². The van der Waals surface area contributed by atoms with E-state index in [2.05, 4.69) is 37.3 Å². The quantitative estimate of drug-likeness (QED) is 0.808. The Labute approximate surface area is 149 Å². The van der Waals surface area contributed by atoms with E-state index in [-0.39, 0.29) is 5.91 Å². The molecule has 2 aromatic carbocycles. The van der Waals surface area contributed by atoms with Gasteiger partial charge in [-0.3, -0.25) is 4.79 Å². The maximum Gasteiger partial charge on any atom is 0.254 e. The van der Waals surface area contributed by atoms with Crippen LogP contribution in [0.4, 0.5) is 0 Å². The Bertz CT molecular complexity index is 816. The lowest BCUT2D eigenvalue weighted by molar-refractivity contribution is 0.0699. The number of ether oxygens (including phenoxy) is 1. The predicted octanol–water partition coefficient (Wildman–Crippen LogP) is 4.52. The second-order valence-electron chi connectivity index (χ2n) is 7.24. The third kappa shape index (κ3) is 3.21. The van der Waals surface area contributed by atoms with Crippen LogP contribution in [0.2, 0.25) is 0 Å². The summed E-state index contributed by atoms with van der Waals surface area (Å²) >= 11 is 0. The van der Waals surface area contributed by atoms with E-state index in [1.54, 1.807) is 0 Å². The van der Waals surface area contributed by atoms with Crippen molar-refractivity contribution in [1.29, 1.82) is 0 Å². The highest BCUT2D eigenvalue weighted by atomic mass is 16.5. The van der Waals surface area contributed by atoms with Gasteiger partial charge in [-0.1, -0.05) is 43.3 Å². The molecule has 2 aliphatic heterocycles. The number of piperidine rings is 1. The Balaban J connectivity index is 1.73. The predicted molar refractivity (Wildman–Crippen MR) is 102 cm³/mol. The van der Waals surface area contributed by atoms with Gasteiger partial charge in [-0.15, -0.1) is 0 Å². The lowest BCUT2D eigenvalue weighted by Crippen LogP contribution is -2.38. The van der Waals surface area contributed by atoms with Crippen molar-refractivity contribution in [3.63, 3.8) is 0 Å². The zero-order valence-corrected chi connectivity index (χ0v) is 14.8. The summed E-state index contributed by atoms with van der Waals surface area (Å²) in [7, 11) is 0. The summed E-state index contributed by atoms with van der Waals surface area (Å²) in [6.07, 6.45) is 5.31. The zero-order valence-electron chi connectivity index (χ0n) is 14.8. The second kappa shape index (κ2) is 7.01. The fraction of sp³-hybridized carbons (Fsp3) is 0.409. The standard InChI is InChI=1S/C22H25NO2/c1-16-8-12-23(13-9-16)22(24)21-7-6-18(17-10-14-25-15-11-17)19-4-2-3-5-20(19)21/h2-7,10,16H,8-9,11-15H2,1H3. The van der Waals surface area contributed by atoms with Gasteiger partial charge in [0.1, 0.15) is 0 Å². The van der Waals surface area contributed by atoms with Crippen molar-refractivity contribution < 1.29 is 9.53 Å². The summed E-state index contributed by atoms with van der Waals surface area (Å²) in [5.74, 6) is 0.902. The maximum absolute atomic E-state index is 13.1. The first kappa shape index (κ1) is 16.3. The Morgan fingerprint density at radius 3 is 2.56 bits per heavy atom. The highest BCUT2D eigenvalue weighted by molar-refractivity contribution is 6.09. The Morgan fingerprint density at radius 2 is 1.84 bits per heavy atom. The van der Waals surface area contributed by atoms with Crippen LogP contribution in [0.15, 0.2) is 42.5 Å². The molecule has 4 rings (SSSR count). The first-order valence-corrected chi connectivity index (χ1v) is 9.32. The lowest BCUT2D eigenvalue weighted by atomic mass is 9.92. The van der Waals surface area contributed by atoms with Crippen LogP contribution in [0, 0.1) is 5.92 Å². The SMILES string of the molecule is CC1CCN(C(=O)c2ccc(C3=CCOCC3)c3ccccc23)CC1.